The van der Waals surface area contributed by atoms with Crippen LogP contribution in [0, 0.1) is 16.0 Å². The van der Waals surface area contributed by atoms with Crippen LogP contribution >= 0.6 is 0 Å². The van der Waals surface area contributed by atoms with Gasteiger partial charge >= 0.3 is 0 Å². The van der Waals surface area contributed by atoms with Crippen molar-refractivity contribution in [3.05, 3.63) is 33.9 Å². The summed E-state index contributed by atoms with van der Waals surface area (Å²) in [6.45, 7) is 5.47. The molecule has 1 saturated heterocycles. The van der Waals surface area contributed by atoms with E-state index in [0.29, 0.717) is 17.2 Å². The second kappa shape index (κ2) is 4.94. The number of anilines is 1. The van der Waals surface area contributed by atoms with Crippen LogP contribution < -0.4 is 4.90 Å². The fourth-order valence-corrected chi connectivity index (χ4v) is 2.37. The number of aliphatic hydroxyl groups is 1. The van der Waals surface area contributed by atoms with Gasteiger partial charge in [-0.25, -0.2) is 0 Å². The highest BCUT2D eigenvalue weighted by Gasteiger charge is 2.26. The normalized spacial score (nSPS) is 21.1. The van der Waals surface area contributed by atoms with E-state index in [0.717, 1.165) is 19.5 Å². The first-order valence-electron chi connectivity index (χ1n) is 6.20. The van der Waals surface area contributed by atoms with E-state index in [-0.39, 0.29) is 10.6 Å². The number of nitro benzene ring substituents is 1. The lowest BCUT2D eigenvalue weighted by Gasteiger charge is -2.19. The molecule has 0 bridgehead atoms. The predicted octanol–water partition coefficient (Wildman–Crippen LogP) is 2.49. The SMILES string of the molecule is CC1CCN(c2ccc([C@@H](C)O)cc2[N+](=O)[O-])C1. The number of nitrogens with zero attached hydrogens (tertiary/aromatic N) is 2. The largest absolute Gasteiger partial charge is 0.389 e. The molecule has 0 saturated carbocycles. The lowest BCUT2D eigenvalue weighted by molar-refractivity contribution is -0.384. The van der Waals surface area contributed by atoms with Gasteiger partial charge < -0.3 is 10.0 Å². The fourth-order valence-electron chi connectivity index (χ4n) is 2.37. The fraction of sp³-hybridized carbons (Fsp3) is 0.538. The van der Waals surface area contributed by atoms with Crippen LogP contribution in [0.15, 0.2) is 18.2 Å². The highest BCUT2D eigenvalue weighted by atomic mass is 16.6. The van der Waals surface area contributed by atoms with E-state index >= 15 is 0 Å². The Hall–Kier alpha value is -1.62. The smallest absolute Gasteiger partial charge is 0.292 e. The Labute approximate surface area is 106 Å². The molecule has 1 aliphatic rings. The van der Waals surface area contributed by atoms with Gasteiger partial charge in [-0.1, -0.05) is 13.0 Å². The molecule has 1 N–H and O–H groups in total. The van der Waals surface area contributed by atoms with Crippen molar-refractivity contribution in [1.82, 2.24) is 0 Å². The third-order valence-corrected chi connectivity index (χ3v) is 3.44. The third-order valence-electron chi connectivity index (χ3n) is 3.44. The average Bonchev–Trinajstić information content (AvgIpc) is 2.74. The van der Waals surface area contributed by atoms with E-state index in [1.165, 1.54) is 6.07 Å². The number of benzene rings is 1. The van der Waals surface area contributed by atoms with E-state index < -0.39 is 6.10 Å². The zero-order valence-electron chi connectivity index (χ0n) is 10.7. The van der Waals surface area contributed by atoms with Crippen molar-refractivity contribution in [3.63, 3.8) is 0 Å². The minimum atomic E-state index is -0.685. The van der Waals surface area contributed by atoms with Gasteiger partial charge in [0.1, 0.15) is 5.69 Å². The molecule has 98 valence electrons. The summed E-state index contributed by atoms with van der Waals surface area (Å²) in [7, 11) is 0. The minimum absolute atomic E-state index is 0.0856. The zero-order valence-corrected chi connectivity index (χ0v) is 10.7. The molecule has 18 heavy (non-hydrogen) atoms. The number of nitro groups is 1. The van der Waals surface area contributed by atoms with Crippen molar-refractivity contribution in [3.8, 4) is 0 Å². The first-order chi connectivity index (χ1) is 8.49. The second-order valence-corrected chi connectivity index (χ2v) is 5.02. The van der Waals surface area contributed by atoms with Gasteiger partial charge in [-0.3, -0.25) is 10.1 Å². The quantitative estimate of drug-likeness (QED) is 0.661. The molecule has 1 aromatic rings. The molecule has 0 amide bonds. The standard InChI is InChI=1S/C13H18N2O3/c1-9-5-6-14(8-9)12-4-3-11(10(2)16)7-13(12)15(17)18/h3-4,7,9-10,16H,5-6,8H2,1-2H3/t9?,10-/m1/s1. The number of hydrogen-bond acceptors (Lipinski definition) is 4. The molecule has 1 heterocycles. The molecule has 1 unspecified atom stereocenters. The summed E-state index contributed by atoms with van der Waals surface area (Å²) in [6.07, 6.45) is 0.380. The van der Waals surface area contributed by atoms with Crippen LogP contribution in [0.1, 0.15) is 31.9 Å². The number of hydrogen-bond donors (Lipinski definition) is 1. The summed E-state index contributed by atoms with van der Waals surface area (Å²) in [4.78, 5) is 12.8. The van der Waals surface area contributed by atoms with Crippen molar-refractivity contribution in [1.29, 1.82) is 0 Å². The first kappa shape index (κ1) is 12.8. The van der Waals surface area contributed by atoms with E-state index in [9.17, 15) is 15.2 Å². The van der Waals surface area contributed by atoms with Crippen LogP contribution in [0.2, 0.25) is 0 Å². The van der Waals surface area contributed by atoms with Crippen LogP contribution in [0.4, 0.5) is 11.4 Å². The summed E-state index contributed by atoms with van der Waals surface area (Å²) in [5.41, 5.74) is 1.33. The molecule has 1 aromatic carbocycles. The van der Waals surface area contributed by atoms with Gasteiger partial charge in [0.25, 0.3) is 5.69 Å². The van der Waals surface area contributed by atoms with Crippen LogP contribution in [0.5, 0.6) is 0 Å². The van der Waals surface area contributed by atoms with Crippen molar-refractivity contribution in [2.75, 3.05) is 18.0 Å². The van der Waals surface area contributed by atoms with Crippen molar-refractivity contribution in [2.24, 2.45) is 5.92 Å². The molecule has 1 aliphatic heterocycles. The van der Waals surface area contributed by atoms with Crippen molar-refractivity contribution < 1.29 is 10.0 Å². The van der Waals surface area contributed by atoms with Gasteiger partial charge in [-0.2, -0.15) is 0 Å². The Morgan fingerprint density at radius 3 is 2.78 bits per heavy atom. The highest BCUT2D eigenvalue weighted by Crippen LogP contribution is 2.34. The summed E-state index contributed by atoms with van der Waals surface area (Å²) < 4.78 is 0. The van der Waals surface area contributed by atoms with Crippen molar-refractivity contribution >= 4 is 11.4 Å². The maximum Gasteiger partial charge on any atom is 0.292 e. The molecule has 5 nitrogen and oxygen atoms in total. The molecule has 0 spiro atoms. The average molecular weight is 250 g/mol. The van der Waals surface area contributed by atoms with Gasteiger partial charge in [0.15, 0.2) is 0 Å². The van der Waals surface area contributed by atoms with E-state index in [4.69, 9.17) is 0 Å². The van der Waals surface area contributed by atoms with Gasteiger partial charge in [0.05, 0.1) is 11.0 Å². The van der Waals surface area contributed by atoms with Crippen LogP contribution in [-0.4, -0.2) is 23.1 Å². The first-order valence-corrected chi connectivity index (χ1v) is 6.20. The zero-order chi connectivity index (χ0) is 13.3. The van der Waals surface area contributed by atoms with E-state index in [1.807, 2.05) is 0 Å². The molecule has 2 atom stereocenters. The molecule has 0 radical (unpaired) electrons. The summed E-state index contributed by atoms with van der Waals surface area (Å²) >= 11 is 0. The Kier molecular flexibility index (Phi) is 3.52. The minimum Gasteiger partial charge on any atom is -0.389 e. The Morgan fingerprint density at radius 1 is 1.56 bits per heavy atom. The van der Waals surface area contributed by atoms with Crippen LogP contribution in [0.3, 0.4) is 0 Å². The van der Waals surface area contributed by atoms with Crippen molar-refractivity contribution in [2.45, 2.75) is 26.4 Å². The summed E-state index contributed by atoms with van der Waals surface area (Å²) in [6, 6.07) is 4.98. The van der Waals surface area contributed by atoms with Crippen LogP contribution in [0.25, 0.3) is 0 Å². The van der Waals surface area contributed by atoms with Gasteiger partial charge in [0, 0.05) is 19.2 Å². The summed E-state index contributed by atoms with van der Waals surface area (Å²) in [5, 5.41) is 20.6. The summed E-state index contributed by atoms with van der Waals surface area (Å²) in [5.74, 6) is 0.570. The third kappa shape index (κ3) is 2.46. The molecular weight excluding hydrogens is 232 g/mol. The Balaban J connectivity index is 2.38. The molecule has 0 aromatic heterocycles. The Morgan fingerprint density at radius 2 is 2.28 bits per heavy atom. The van der Waals surface area contributed by atoms with E-state index in [1.54, 1.807) is 19.1 Å². The van der Waals surface area contributed by atoms with Crippen LogP contribution in [-0.2, 0) is 0 Å². The number of aliphatic hydroxyl groups excluding tert-OH is 1. The molecule has 1 fully saturated rings. The van der Waals surface area contributed by atoms with Gasteiger partial charge in [-0.05, 0) is 30.9 Å². The Bertz CT molecular complexity index is 460. The maximum absolute atomic E-state index is 11.1. The monoisotopic (exact) mass is 250 g/mol. The van der Waals surface area contributed by atoms with Gasteiger partial charge in [-0.15, -0.1) is 0 Å². The van der Waals surface area contributed by atoms with E-state index in [2.05, 4.69) is 11.8 Å². The highest BCUT2D eigenvalue weighted by molar-refractivity contribution is 5.65. The molecule has 5 heteroatoms. The lowest BCUT2D eigenvalue weighted by atomic mass is 10.1. The topological polar surface area (TPSA) is 66.6 Å². The molecular formula is C13H18N2O3. The maximum atomic E-state index is 11.1. The molecule has 0 aliphatic carbocycles. The molecule has 2 rings (SSSR count). The number of rotatable bonds is 3. The predicted molar refractivity (Wildman–Crippen MR) is 69.7 cm³/mol. The second-order valence-electron chi connectivity index (χ2n) is 5.02. The lowest BCUT2D eigenvalue weighted by Crippen LogP contribution is -2.20. The van der Waals surface area contributed by atoms with Gasteiger partial charge in [0.2, 0.25) is 0 Å².